The molecule has 0 radical (unpaired) electrons. The summed E-state index contributed by atoms with van der Waals surface area (Å²) in [7, 11) is 0. The normalized spacial score (nSPS) is 11.6. The Morgan fingerprint density at radius 1 is 0.382 bits per heavy atom. The van der Waals surface area contributed by atoms with Crippen molar-refractivity contribution in [2.75, 3.05) is 4.90 Å². The van der Waals surface area contributed by atoms with E-state index >= 15 is 0 Å². The molecule has 0 N–H and O–H groups in total. The molecule has 55 heavy (non-hydrogen) atoms. The first-order valence-corrected chi connectivity index (χ1v) is 18.8. The Balaban J connectivity index is 1.21. The number of fused-ring (bicyclic) bond motifs is 7. The lowest BCUT2D eigenvalue weighted by molar-refractivity contribution is 0.669. The fourth-order valence-electron chi connectivity index (χ4n) is 8.45. The van der Waals surface area contributed by atoms with Gasteiger partial charge in [0.15, 0.2) is 0 Å². The largest absolute Gasteiger partial charge is 0.456 e. The first-order valence-electron chi connectivity index (χ1n) is 18.8. The molecule has 11 rings (SSSR count). The molecule has 9 aromatic carbocycles. The van der Waals surface area contributed by atoms with Crippen LogP contribution in [0.15, 0.2) is 211 Å². The fourth-order valence-corrected chi connectivity index (χ4v) is 8.45. The minimum absolute atomic E-state index is 0.869. The van der Waals surface area contributed by atoms with Gasteiger partial charge in [0.1, 0.15) is 11.2 Å². The van der Waals surface area contributed by atoms with Gasteiger partial charge in [-0.3, -0.25) is 0 Å². The van der Waals surface area contributed by atoms with Crippen LogP contribution >= 0.6 is 0 Å². The number of hydrogen-bond donors (Lipinski definition) is 0. The molecule has 0 aliphatic heterocycles. The van der Waals surface area contributed by atoms with E-state index in [1.54, 1.807) is 0 Å². The Hall–Kier alpha value is -7.36. The van der Waals surface area contributed by atoms with Crippen molar-refractivity contribution < 1.29 is 4.42 Å². The zero-order valence-electron chi connectivity index (χ0n) is 29.9. The van der Waals surface area contributed by atoms with E-state index in [1.165, 1.54) is 43.7 Å². The van der Waals surface area contributed by atoms with Crippen LogP contribution < -0.4 is 4.90 Å². The van der Waals surface area contributed by atoms with E-state index < -0.39 is 0 Å². The van der Waals surface area contributed by atoms with E-state index in [9.17, 15) is 0 Å². The van der Waals surface area contributed by atoms with Crippen LogP contribution in [-0.2, 0) is 0 Å². The highest BCUT2D eigenvalue weighted by Crippen LogP contribution is 2.48. The maximum absolute atomic E-state index is 6.54. The SMILES string of the molecule is c1ccc(-c2ccc(N(c3ccc4c(c3)c3ccccc3n4-c3ccccc3)c3ccc4oc5ccccc5c4c3-c3ccc4ccccc4c3)cc2)cc1. The van der Waals surface area contributed by atoms with Crippen molar-refractivity contribution >= 4 is 71.6 Å². The van der Waals surface area contributed by atoms with Crippen molar-refractivity contribution in [1.82, 2.24) is 4.57 Å². The molecule has 0 unspecified atom stereocenters. The van der Waals surface area contributed by atoms with Gasteiger partial charge < -0.3 is 13.9 Å². The van der Waals surface area contributed by atoms with Gasteiger partial charge >= 0.3 is 0 Å². The summed E-state index contributed by atoms with van der Waals surface area (Å²) < 4.78 is 8.91. The van der Waals surface area contributed by atoms with Crippen LogP contribution in [-0.4, -0.2) is 4.57 Å². The van der Waals surface area contributed by atoms with Gasteiger partial charge in [0.2, 0.25) is 0 Å². The van der Waals surface area contributed by atoms with Crippen molar-refractivity contribution in [3.63, 3.8) is 0 Å². The first kappa shape index (κ1) is 31.2. The third-order valence-corrected chi connectivity index (χ3v) is 11.0. The molecule has 0 atom stereocenters. The van der Waals surface area contributed by atoms with E-state index in [4.69, 9.17) is 4.42 Å². The van der Waals surface area contributed by atoms with Crippen LogP contribution in [0.4, 0.5) is 17.1 Å². The summed E-state index contributed by atoms with van der Waals surface area (Å²) in [5, 5.41) is 7.04. The van der Waals surface area contributed by atoms with Gasteiger partial charge in [-0.1, -0.05) is 133 Å². The Bertz CT molecular complexity index is 3190. The Morgan fingerprint density at radius 3 is 1.85 bits per heavy atom. The number of hydrogen-bond acceptors (Lipinski definition) is 2. The van der Waals surface area contributed by atoms with E-state index in [0.717, 1.165) is 55.8 Å². The van der Waals surface area contributed by atoms with Crippen LogP contribution in [0.1, 0.15) is 0 Å². The van der Waals surface area contributed by atoms with Gasteiger partial charge in [-0.25, -0.2) is 0 Å². The number of para-hydroxylation sites is 3. The number of benzene rings is 9. The molecule has 0 fully saturated rings. The standard InChI is InChI=1S/C52H34N2O/c1-3-13-35(14-4-1)37-25-27-41(28-26-37)53(42-29-30-47-45(34-42)43-19-9-11-21-46(43)54(47)40-17-5-2-6-18-40)48-31-32-50-52(44-20-10-12-22-49(44)55-50)51(48)39-24-23-36-15-7-8-16-38(36)33-39/h1-34H. The van der Waals surface area contributed by atoms with E-state index in [1.807, 2.05) is 6.07 Å². The Morgan fingerprint density at radius 2 is 1.02 bits per heavy atom. The first-order chi connectivity index (χ1) is 27.3. The molecule has 3 heteroatoms. The third kappa shape index (κ3) is 5.13. The average Bonchev–Trinajstić information content (AvgIpc) is 3.80. The zero-order valence-corrected chi connectivity index (χ0v) is 29.9. The van der Waals surface area contributed by atoms with Gasteiger partial charge in [0.05, 0.1) is 16.7 Å². The van der Waals surface area contributed by atoms with E-state index in [0.29, 0.717) is 0 Å². The van der Waals surface area contributed by atoms with Crippen molar-refractivity contribution in [1.29, 1.82) is 0 Å². The molecule has 0 bridgehead atoms. The zero-order chi connectivity index (χ0) is 36.3. The van der Waals surface area contributed by atoms with Crippen LogP contribution in [0.25, 0.3) is 82.5 Å². The molecule has 0 saturated heterocycles. The predicted molar refractivity (Wildman–Crippen MR) is 231 cm³/mol. The predicted octanol–water partition coefficient (Wildman–Crippen LogP) is 14.6. The highest BCUT2D eigenvalue weighted by molar-refractivity contribution is 6.17. The fraction of sp³-hybridized carbons (Fsp3) is 0. The van der Waals surface area contributed by atoms with Crippen LogP contribution in [0.2, 0.25) is 0 Å². The number of aromatic nitrogens is 1. The molecular formula is C52H34N2O. The van der Waals surface area contributed by atoms with Crippen molar-refractivity contribution in [3.8, 4) is 27.9 Å². The minimum atomic E-state index is 0.869. The van der Waals surface area contributed by atoms with E-state index in [2.05, 4.69) is 210 Å². The summed E-state index contributed by atoms with van der Waals surface area (Å²) in [6.07, 6.45) is 0. The molecule has 2 aromatic heterocycles. The smallest absolute Gasteiger partial charge is 0.136 e. The van der Waals surface area contributed by atoms with Gasteiger partial charge in [0, 0.05) is 44.2 Å². The second kappa shape index (κ2) is 12.6. The maximum atomic E-state index is 6.54. The molecule has 11 aromatic rings. The van der Waals surface area contributed by atoms with Crippen LogP contribution in [0, 0.1) is 0 Å². The van der Waals surface area contributed by atoms with Crippen molar-refractivity contribution in [2.45, 2.75) is 0 Å². The summed E-state index contributed by atoms with van der Waals surface area (Å²) in [4.78, 5) is 2.43. The molecule has 0 amide bonds. The quantitative estimate of drug-likeness (QED) is 0.172. The summed E-state index contributed by atoms with van der Waals surface area (Å²) in [5.41, 5.74) is 13.1. The highest BCUT2D eigenvalue weighted by atomic mass is 16.3. The molecule has 3 nitrogen and oxygen atoms in total. The maximum Gasteiger partial charge on any atom is 0.136 e. The Kier molecular flexibility index (Phi) is 7.17. The topological polar surface area (TPSA) is 21.3 Å². The summed E-state index contributed by atoms with van der Waals surface area (Å²) in [6.45, 7) is 0. The lowest BCUT2D eigenvalue weighted by Gasteiger charge is -2.29. The minimum Gasteiger partial charge on any atom is -0.456 e. The molecule has 0 aliphatic rings. The van der Waals surface area contributed by atoms with Gasteiger partial charge in [-0.05, 0) is 100 Å². The number of furan rings is 1. The summed E-state index contributed by atoms with van der Waals surface area (Å²) in [5.74, 6) is 0. The lowest BCUT2D eigenvalue weighted by atomic mass is 9.94. The van der Waals surface area contributed by atoms with Gasteiger partial charge in [0.25, 0.3) is 0 Å². The summed E-state index contributed by atoms with van der Waals surface area (Å²) in [6, 6.07) is 74.0. The van der Waals surface area contributed by atoms with E-state index in [-0.39, 0.29) is 0 Å². The van der Waals surface area contributed by atoms with Gasteiger partial charge in [-0.15, -0.1) is 0 Å². The summed E-state index contributed by atoms with van der Waals surface area (Å²) >= 11 is 0. The van der Waals surface area contributed by atoms with Gasteiger partial charge in [-0.2, -0.15) is 0 Å². The third-order valence-electron chi connectivity index (χ3n) is 11.0. The molecule has 0 saturated carbocycles. The number of nitrogens with zero attached hydrogens (tertiary/aromatic N) is 2. The van der Waals surface area contributed by atoms with Crippen molar-refractivity contribution in [2.24, 2.45) is 0 Å². The monoisotopic (exact) mass is 702 g/mol. The molecule has 0 aliphatic carbocycles. The lowest BCUT2D eigenvalue weighted by Crippen LogP contribution is -2.11. The van der Waals surface area contributed by atoms with Crippen LogP contribution in [0.3, 0.4) is 0 Å². The average molecular weight is 703 g/mol. The molecule has 258 valence electrons. The van der Waals surface area contributed by atoms with Crippen molar-refractivity contribution in [3.05, 3.63) is 206 Å². The number of anilines is 3. The molecule has 0 spiro atoms. The highest BCUT2D eigenvalue weighted by Gasteiger charge is 2.24. The molecule has 2 heterocycles. The van der Waals surface area contributed by atoms with Crippen LogP contribution in [0.5, 0.6) is 0 Å². The number of rotatable bonds is 6. The molecular weight excluding hydrogens is 669 g/mol. The second-order valence-corrected chi connectivity index (χ2v) is 14.1. The second-order valence-electron chi connectivity index (χ2n) is 14.1. The Labute approximate surface area is 318 Å².